The highest BCUT2D eigenvalue weighted by Gasteiger charge is 1.80. The maximum Gasteiger partial charge on any atom is -0.0376 e. The van der Waals surface area contributed by atoms with Crippen LogP contribution in [0.1, 0.15) is 69.7 Å². The van der Waals surface area contributed by atoms with E-state index in [9.17, 15) is 0 Å². The van der Waals surface area contributed by atoms with Gasteiger partial charge in [-0.3, -0.25) is 0 Å². The predicted octanol–water partition coefficient (Wildman–Crippen LogP) is 8.47. The molecule has 0 aliphatic carbocycles. The standard InChI is InChI=1S/C10H16.C8H12.C2H6.2CH4/c1-5-7-10(4)8-9(3)6-2;1-3-5-7-8-6-4-2;1-2;;/h5-8H,1-4H3;3,5-8H,1,4H2,2H3;1-2H3;2*1H4/b7-5+,9-6-,10-8-;7-5-,8-6-;;;. The molecule has 0 aromatic heterocycles. The summed E-state index contributed by atoms with van der Waals surface area (Å²) in [5.41, 5.74) is 2.62. The third-order valence-corrected chi connectivity index (χ3v) is 2.07. The van der Waals surface area contributed by atoms with E-state index >= 15 is 0 Å². The molecule has 0 aromatic carbocycles. The van der Waals surface area contributed by atoms with E-state index in [0.717, 1.165) is 6.42 Å². The van der Waals surface area contributed by atoms with Gasteiger partial charge in [0.05, 0.1) is 0 Å². The van der Waals surface area contributed by atoms with Crippen LogP contribution >= 0.6 is 0 Å². The highest BCUT2D eigenvalue weighted by Crippen LogP contribution is 2.01. The van der Waals surface area contributed by atoms with Crippen LogP contribution < -0.4 is 0 Å². The molecule has 0 aliphatic heterocycles. The Morgan fingerprint density at radius 2 is 1.45 bits per heavy atom. The lowest BCUT2D eigenvalue weighted by Crippen LogP contribution is -1.70. The summed E-state index contributed by atoms with van der Waals surface area (Å²) in [6, 6.07) is 0. The van der Waals surface area contributed by atoms with Gasteiger partial charge in [-0.25, -0.2) is 0 Å². The summed E-state index contributed by atoms with van der Waals surface area (Å²) in [7, 11) is 0. The van der Waals surface area contributed by atoms with Crippen LogP contribution in [0.2, 0.25) is 0 Å². The lowest BCUT2D eigenvalue weighted by molar-refractivity contribution is 1.22. The monoisotopic (exact) mass is 306 g/mol. The smallest absolute Gasteiger partial charge is 0.0376 e. The van der Waals surface area contributed by atoms with Crippen LogP contribution in [0.5, 0.6) is 0 Å². The molecule has 0 saturated heterocycles. The molecule has 0 rings (SSSR count). The van der Waals surface area contributed by atoms with Crippen LogP contribution in [-0.2, 0) is 0 Å². The van der Waals surface area contributed by atoms with Crippen molar-refractivity contribution in [2.24, 2.45) is 0 Å². The Bertz CT molecular complexity index is 333. The minimum absolute atomic E-state index is 0. The predicted molar refractivity (Wildman–Crippen MR) is 112 cm³/mol. The second-order valence-corrected chi connectivity index (χ2v) is 3.88. The van der Waals surface area contributed by atoms with Gasteiger partial charge in [0.25, 0.3) is 0 Å². The fourth-order valence-electron chi connectivity index (χ4n) is 1.11. The van der Waals surface area contributed by atoms with Crippen molar-refractivity contribution in [3.05, 3.63) is 72.4 Å². The van der Waals surface area contributed by atoms with E-state index in [1.54, 1.807) is 6.08 Å². The highest BCUT2D eigenvalue weighted by atomic mass is 13.9. The lowest BCUT2D eigenvalue weighted by Gasteiger charge is -1.91. The van der Waals surface area contributed by atoms with E-state index in [-0.39, 0.29) is 14.9 Å². The molecule has 0 aromatic rings. The topological polar surface area (TPSA) is 0 Å². The number of hydrogen-bond acceptors (Lipinski definition) is 0. The number of allylic oxidation sites excluding steroid dienone is 11. The third kappa shape index (κ3) is 36.2. The molecule has 0 heteroatoms. The molecule has 0 amide bonds. The van der Waals surface area contributed by atoms with Crippen LogP contribution in [0.25, 0.3) is 0 Å². The summed E-state index contributed by atoms with van der Waals surface area (Å²) in [4.78, 5) is 0. The molecule has 0 N–H and O–H groups in total. The van der Waals surface area contributed by atoms with E-state index in [1.807, 2.05) is 39.0 Å². The molecule has 0 saturated carbocycles. The Balaban J connectivity index is -0.0000000737. The molecule has 130 valence electrons. The molecular weight excluding hydrogens is 264 g/mol. The Labute approximate surface area is 142 Å². The van der Waals surface area contributed by atoms with Crippen LogP contribution in [0.3, 0.4) is 0 Å². The van der Waals surface area contributed by atoms with E-state index in [4.69, 9.17) is 0 Å². The number of rotatable bonds is 5. The van der Waals surface area contributed by atoms with Crippen molar-refractivity contribution in [1.82, 2.24) is 0 Å². The molecule has 0 aliphatic rings. The first-order chi connectivity index (χ1) is 9.62. The van der Waals surface area contributed by atoms with Gasteiger partial charge in [0, 0.05) is 0 Å². The zero-order valence-corrected chi connectivity index (χ0v) is 14.6. The minimum atomic E-state index is 0. The Hall–Kier alpha value is -1.56. The summed E-state index contributed by atoms with van der Waals surface area (Å²) in [5, 5.41) is 0. The van der Waals surface area contributed by atoms with Crippen LogP contribution in [-0.4, -0.2) is 0 Å². The zero-order chi connectivity index (χ0) is 16.2. The van der Waals surface area contributed by atoms with E-state index in [2.05, 4.69) is 64.7 Å². The first-order valence-corrected chi connectivity index (χ1v) is 7.50. The van der Waals surface area contributed by atoms with Gasteiger partial charge in [0.2, 0.25) is 0 Å². The van der Waals surface area contributed by atoms with Crippen molar-refractivity contribution in [1.29, 1.82) is 0 Å². The normalized spacial score (nSPS) is 11.0. The van der Waals surface area contributed by atoms with Crippen molar-refractivity contribution in [2.45, 2.75) is 69.7 Å². The van der Waals surface area contributed by atoms with Gasteiger partial charge in [0.15, 0.2) is 0 Å². The Morgan fingerprint density at radius 1 is 0.909 bits per heavy atom. The van der Waals surface area contributed by atoms with Gasteiger partial charge in [-0.1, -0.05) is 108 Å². The number of hydrogen-bond donors (Lipinski definition) is 0. The van der Waals surface area contributed by atoms with E-state index < -0.39 is 0 Å². The summed E-state index contributed by atoms with van der Waals surface area (Å²) in [6.45, 7) is 17.9. The quantitative estimate of drug-likeness (QED) is 0.447. The molecule has 0 atom stereocenters. The summed E-state index contributed by atoms with van der Waals surface area (Å²) in [5.74, 6) is 0. The summed E-state index contributed by atoms with van der Waals surface area (Å²) >= 11 is 0. The van der Waals surface area contributed by atoms with Crippen molar-refractivity contribution >= 4 is 0 Å². The second-order valence-electron chi connectivity index (χ2n) is 3.88. The first kappa shape index (κ1) is 32.4. The first-order valence-electron chi connectivity index (χ1n) is 7.50. The van der Waals surface area contributed by atoms with Gasteiger partial charge >= 0.3 is 0 Å². The summed E-state index contributed by atoms with van der Waals surface area (Å²) < 4.78 is 0. The molecule has 0 unspecified atom stereocenters. The second kappa shape index (κ2) is 31.7. The molecule has 0 nitrogen and oxygen atoms in total. The third-order valence-electron chi connectivity index (χ3n) is 2.07. The van der Waals surface area contributed by atoms with Gasteiger partial charge in [0.1, 0.15) is 0 Å². The van der Waals surface area contributed by atoms with E-state index in [0.29, 0.717) is 0 Å². The molecule has 22 heavy (non-hydrogen) atoms. The Kier molecular flexibility index (Phi) is 46.7. The van der Waals surface area contributed by atoms with E-state index in [1.165, 1.54) is 11.1 Å². The highest BCUT2D eigenvalue weighted by molar-refractivity contribution is 5.26. The molecule has 0 fully saturated rings. The SMILES string of the molecule is C.C.C=C/C=C\C=C/CC.CC.C\C=C(C)/C=C(C)\C=C\C. The van der Waals surface area contributed by atoms with Crippen molar-refractivity contribution < 1.29 is 0 Å². The van der Waals surface area contributed by atoms with Gasteiger partial charge in [-0.2, -0.15) is 0 Å². The largest absolute Gasteiger partial charge is 0.0991 e. The molecule has 0 radical (unpaired) electrons. The van der Waals surface area contributed by atoms with Crippen LogP contribution in [0.4, 0.5) is 0 Å². The Morgan fingerprint density at radius 3 is 1.82 bits per heavy atom. The van der Waals surface area contributed by atoms with Crippen LogP contribution in [0, 0.1) is 0 Å². The van der Waals surface area contributed by atoms with Crippen molar-refractivity contribution in [2.75, 3.05) is 0 Å². The fraction of sp³-hybridized carbons (Fsp3) is 0.455. The molecule has 0 spiro atoms. The fourth-order valence-corrected chi connectivity index (χ4v) is 1.11. The van der Waals surface area contributed by atoms with Gasteiger partial charge in [-0.15, -0.1) is 0 Å². The average Bonchev–Trinajstić information content (AvgIpc) is 2.46. The maximum atomic E-state index is 3.54. The zero-order valence-electron chi connectivity index (χ0n) is 14.6. The average molecular weight is 307 g/mol. The maximum absolute atomic E-state index is 3.54. The van der Waals surface area contributed by atoms with Crippen LogP contribution in [0.15, 0.2) is 72.4 Å². The van der Waals surface area contributed by atoms with Crippen molar-refractivity contribution in [3.8, 4) is 0 Å². The lowest BCUT2D eigenvalue weighted by atomic mass is 10.2. The van der Waals surface area contributed by atoms with Gasteiger partial charge < -0.3 is 0 Å². The van der Waals surface area contributed by atoms with Crippen molar-refractivity contribution in [3.63, 3.8) is 0 Å². The molecular formula is C22H42. The molecule has 0 bridgehead atoms. The van der Waals surface area contributed by atoms with Gasteiger partial charge in [-0.05, 0) is 34.1 Å². The minimum Gasteiger partial charge on any atom is -0.0991 e. The molecule has 0 heterocycles. The summed E-state index contributed by atoms with van der Waals surface area (Å²) in [6.07, 6.45) is 19.3.